The van der Waals surface area contributed by atoms with Crippen molar-refractivity contribution in [2.75, 3.05) is 5.75 Å². The van der Waals surface area contributed by atoms with Gasteiger partial charge in [0.25, 0.3) is 5.91 Å². The molecule has 1 aromatic rings. The highest BCUT2D eigenvalue weighted by atomic mass is 32.2. The summed E-state index contributed by atoms with van der Waals surface area (Å²) in [6.45, 7) is 0. The molecule has 0 fully saturated rings. The monoisotopic (exact) mass is 318 g/mol. The predicted molar refractivity (Wildman–Crippen MR) is 67.2 cm³/mol. The number of carbonyl (C=O) groups is 1. The molecule has 1 aliphatic heterocycles. The zero-order chi connectivity index (χ0) is 15.8. The van der Waals surface area contributed by atoms with E-state index in [0.29, 0.717) is 12.1 Å². The minimum atomic E-state index is -3.41. The number of nitrogens with zero attached hydrogens (tertiary/aromatic N) is 1. The second-order valence-corrected chi connectivity index (χ2v) is 6.21. The van der Waals surface area contributed by atoms with Gasteiger partial charge in [-0.25, -0.2) is 12.8 Å². The molecular weight excluding hydrogens is 310 g/mol. The van der Waals surface area contributed by atoms with E-state index in [-0.39, 0.29) is 5.75 Å². The zero-order valence-electron chi connectivity index (χ0n) is 10.2. The molecule has 7 nitrogen and oxygen atoms in total. The minimum absolute atomic E-state index is 0.297. The Hall–Kier alpha value is -2.36. The molecule has 10 heteroatoms. The first-order valence-electron chi connectivity index (χ1n) is 5.55. The summed E-state index contributed by atoms with van der Waals surface area (Å²) in [6.07, 6.45) is 1.20. The van der Waals surface area contributed by atoms with Crippen LogP contribution in [-0.2, 0) is 9.84 Å². The highest BCUT2D eigenvalue weighted by molar-refractivity contribution is 7.94. The first kappa shape index (κ1) is 15.0. The van der Waals surface area contributed by atoms with Crippen LogP contribution in [0, 0.1) is 21.7 Å². The number of amides is 1. The molecule has 1 aliphatic rings. The number of halogens is 2. The van der Waals surface area contributed by atoms with Crippen LogP contribution in [0.1, 0.15) is 10.4 Å². The van der Waals surface area contributed by atoms with Crippen molar-refractivity contribution < 1.29 is 26.9 Å². The van der Waals surface area contributed by atoms with Gasteiger partial charge in [-0.05, 0) is 12.1 Å². The first-order chi connectivity index (χ1) is 9.69. The summed E-state index contributed by atoms with van der Waals surface area (Å²) in [4.78, 5) is 21.1. The largest absolute Gasteiger partial charge is 0.345 e. The average molecular weight is 318 g/mol. The van der Waals surface area contributed by atoms with Gasteiger partial charge in [-0.3, -0.25) is 14.9 Å². The lowest BCUT2D eigenvalue weighted by atomic mass is 10.1. The summed E-state index contributed by atoms with van der Waals surface area (Å²) in [5.74, 6) is -4.07. The summed E-state index contributed by atoms with van der Waals surface area (Å²) in [7, 11) is -3.41. The molecule has 0 aliphatic carbocycles. The third-order valence-corrected chi connectivity index (χ3v) is 4.12. The molecule has 1 amide bonds. The fourth-order valence-corrected chi connectivity index (χ4v) is 3.00. The predicted octanol–water partition coefficient (Wildman–Crippen LogP) is 0.914. The lowest BCUT2D eigenvalue weighted by Gasteiger charge is -2.10. The van der Waals surface area contributed by atoms with Crippen LogP contribution in [-0.4, -0.2) is 31.0 Å². The topological polar surface area (TPSA) is 106 Å². The van der Waals surface area contributed by atoms with Gasteiger partial charge < -0.3 is 5.32 Å². The molecule has 1 aromatic carbocycles. The molecule has 0 saturated carbocycles. The van der Waals surface area contributed by atoms with E-state index in [4.69, 9.17) is 0 Å². The smallest absolute Gasteiger partial charge is 0.307 e. The molecule has 0 radical (unpaired) electrons. The summed E-state index contributed by atoms with van der Waals surface area (Å²) >= 11 is 0. The Kier molecular flexibility index (Phi) is 3.73. The summed E-state index contributed by atoms with van der Waals surface area (Å²) in [5.41, 5.74) is -1.83. The van der Waals surface area contributed by atoms with E-state index in [1.165, 1.54) is 6.08 Å². The Labute approximate surface area is 117 Å². The highest BCUT2D eigenvalue weighted by Crippen LogP contribution is 2.21. The second kappa shape index (κ2) is 5.20. The summed E-state index contributed by atoms with van der Waals surface area (Å²) in [5, 5.41) is 13.5. The van der Waals surface area contributed by atoms with Gasteiger partial charge >= 0.3 is 5.69 Å². The lowest BCUT2D eigenvalue weighted by molar-refractivity contribution is -0.387. The van der Waals surface area contributed by atoms with Gasteiger partial charge in [-0.15, -0.1) is 0 Å². The summed E-state index contributed by atoms with van der Waals surface area (Å²) in [6, 6.07) is -0.165. The molecule has 0 saturated heterocycles. The van der Waals surface area contributed by atoms with Crippen LogP contribution in [0.25, 0.3) is 0 Å². The molecule has 1 heterocycles. The third kappa shape index (κ3) is 3.21. The molecule has 112 valence electrons. The van der Waals surface area contributed by atoms with Gasteiger partial charge in [0.1, 0.15) is 5.82 Å². The number of benzene rings is 1. The van der Waals surface area contributed by atoms with Crippen LogP contribution in [0.4, 0.5) is 14.5 Å². The molecule has 21 heavy (non-hydrogen) atoms. The van der Waals surface area contributed by atoms with Gasteiger partial charge in [-0.2, -0.15) is 4.39 Å². The Bertz CT molecular complexity index is 760. The number of nitro benzene ring substituents is 1. The first-order valence-corrected chi connectivity index (χ1v) is 7.26. The van der Waals surface area contributed by atoms with Crippen LogP contribution < -0.4 is 5.32 Å². The number of nitrogens with one attached hydrogen (secondary N) is 1. The molecule has 0 aromatic heterocycles. The van der Waals surface area contributed by atoms with Crippen LogP contribution in [0.2, 0.25) is 0 Å². The normalized spacial score (nSPS) is 19.4. The second-order valence-electron chi connectivity index (χ2n) is 4.28. The van der Waals surface area contributed by atoms with E-state index in [2.05, 4.69) is 5.32 Å². The van der Waals surface area contributed by atoms with Gasteiger partial charge in [0.2, 0.25) is 5.82 Å². The number of nitro groups is 1. The molecule has 0 bridgehead atoms. The van der Waals surface area contributed by atoms with Crippen molar-refractivity contribution in [2.24, 2.45) is 0 Å². The van der Waals surface area contributed by atoms with Gasteiger partial charge in [0.15, 0.2) is 9.84 Å². The molecule has 2 rings (SSSR count). The zero-order valence-corrected chi connectivity index (χ0v) is 11.1. The van der Waals surface area contributed by atoms with Crippen molar-refractivity contribution in [3.8, 4) is 0 Å². The van der Waals surface area contributed by atoms with Crippen molar-refractivity contribution in [3.63, 3.8) is 0 Å². The molecular formula is C11H8F2N2O5S. The maximum atomic E-state index is 13.6. The van der Waals surface area contributed by atoms with Crippen molar-refractivity contribution in [1.82, 2.24) is 5.32 Å². The Morgan fingerprint density at radius 2 is 2.00 bits per heavy atom. The number of hydrogen-bond acceptors (Lipinski definition) is 5. The number of sulfone groups is 1. The number of hydrogen-bond donors (Lipinski definition) is 1. The van der Waals surface area contributed by atoms with Gasteiger partial charge in [0.05, 0.1) is 28.3 Å². The minimum Gasteiger partial charge on any atom is -0.345 e. The Balaban J connectivity index is 2.23. The van der Waals surface area contributed by atoms with E-state index < -0.39 is 49.6 Å². The van der Waals surface area contributed by atoms with E-state index in [9.17, 15) is 32.1 Å². The number of rotatable bonds is 3. The van der Waals surface area contributed by atoms with Crippen molar-refractivity contribution in [2.45, 2.75) is 6.04 Å². The fourth-order valence-electron chi connectivity index (χ4n) is 1.76. The van der Waals surface area contributed by atoms with Crippen molar-refractivity contribution in [1.29, 1.82) is 0 Å². The highest BCUT2D eigenvalue weighted by Gasteiger charge is 2.26. The van der Waals surface area contributed by atoms with Crippen LogP contribution in [0.15, 0.2) is 23.6 Å². The fraction of sp³-hybridized carbons (Fsp3) is 0.182. The maximum Gasteiger partial charge on any atom is 0.307 e. The SMILES string of the molecule is O=C(NC1C=CS(=O)(=O)C1)c1cc(F)c([N+](=O)[O-])cc1F. The van der Waals surface area contributed by atoms with Crippen LogP contribution in [0.5, 0.6) is 0 Å². The average Bonchev–Trinajstić information content (AvgIpc) is 2.70. The van der Waals surface area contributed by atoms with E-state index in [1.807, 2.05) is 0 Å². The van der Waals surface area contributed by atoms with Crippen molar-refractivity contribution >= 4 is 21.4 Å². The summed E-state index contributed by atoms with van der Waals surface area (Å²) < 4.78 is 49.3. The standard InChI is InChI=1S/C11H8F2N2O5S/c12-8-4-10(15(17)18)9(13)3-7(8)11(16)14-6-1-2-21(19,20)5-6/h1-4,6H,5H2,(H,14,16). The van der Waals surface area contributed by atoms with Gasteiger partial charge in [0, 0.05) is 5.41 Å². The van der Waals surface area contributed by atoms with E-state index in [1.54, 1.807) is 0 Å². The third-order valence-electron chi connectivity index (χ3n) is 2.72. The molecule has 1 atom stereocenters. The van der Waals surface area contributed by atoms with E-state index >= 15 is 0 Å². The Morgan fingerprint density at radius 3 is 2.52 bits per heavy atom. The lowest BCUT2D eigenvalue weighted by Crippen LogP contribution is -2.36. The number of carbonyl (C=O) groups excluding carboxylic acids is 1. The van der Waals surface area contributed by atoms with Crippen LogP contribution in [0.3, 0.4) is 0 Å². The Morgan fingerprint density at radius 1 is 1.33 bits per heavy atom. The molecule has 1 unspecified atom stereocenters. The maximum absolute atomic E-state index is 13.6. The van der Waals surface area contributed by atoms with Crippen molar-refractivity contribution in [3.05, 3.63) is 50.9 Å². The molecule has 0 spiro atoms. The van der Waals surface area contributed by atoms with Crippen LogP contribution >= 0.6 is 0 Å². The van der Waals surface area contributed by atoms with Gasteiger partial charge in [-0.1, -0.05) is 0 Å². The quantitative estimate of drug-likeness (QED) is 0.658. The van der Waals surface area contributed by atoms with E-state index in [0.717, 1.165) is 5.41 Å². The molecule has 1 N–H and O–H groups in total.